The normalized spacial score (nSPS) is 17.6. The molecule has 1 aliphatic rings. The zero-order valence-corrected chi connectivity index (χ0v) is 14.6. The first-order valence-electron chi connectivity index (χ1n) is 7.82. The van der Waals surface area contributed by atoms with E-state index in [1.165, 1.54) is 22.5 Å². The zero-order valence-electron chi connectivity index (χ0n) is 13.8. The Morgan fingerprint density at radius 2 is 1.96 bits per heavy atom. The number of carboxylic acid groups (broad SMARTS) is 1. The molecule has 6 nitrogen and oxygen atoms in total. The topological polar surface area (TPSA) is 77.9 Å². The van der Waals surface area contributed by atoms with Gasteiger partial charge in [-0.3, -0.25) is 0 Å². The van der Waals surface area contributed by atoms with Crippen molar-refractivity contribution in [2.45, 2.75) is 37.6 Å². The van der Waals surface area contributed by atoms with E-state index in [9.17, 15) is 18.3 Å². The highest BCUT2D eigenvalue weighted by molar-refractivity contribution is 7.89. The molecule has 0 unspecified atom stereocenters. The first-order chi connectivity index (χ1) is 10.8. The Hall–Kier alpha value is -1.44. The number of sulfonamides is 1. The van der Waals surface area contributed by atoms with Crippen molar-refractivity contribution in [1.29, 1.82) is 0 Å². The van der Waals surface area contributed by atoms with Crippen LogP contribution in [0.4, 0.5) is 0 Å². The van der Waals surface area contributed by atoms with Gasteiger partial charge in [0.2, 0.25) is 10.0 Å². The summed E-state index contributed by atoms with van der Waals surface area (Å²) >= 11 is 0. The van der Waals surface area contributed by atoms with Crippen molar-refractivity contribution in [2.24, 2.45) is 0 Å². The van der Waals surface area contributed by atoms with Crippen molar-refractivity contribution in [3.05, 3.63) is 29.3 Å². The minimum absolute atomic E-state index is 0.0280. The number of hydrogen-bond acceptors (Lipinski definition) is 4. The monoisotopic (exact) mass is 340 g/mol. The van der Waals surface area contributed by atoms with E-state index >= 15 is 0 Å². The lowest BCUT2D eigenvalue weighted by atomic mass is 10.1. The first-order valence-corrected chi connectivity index (χ1v) is 9.26. The van der Waals surface area contributed by atoms with E-state index in [-0.39, 0.29) is 22.1 Å². The maximum Gasteiger partial charge on any atom is 0.335 e. The highest BCUT2D eigenvalue weighted by Crippen LogP contribution is 2.26. The molecule has 23 heavy (non-hydrogen) atoms. The molecule has 2 rings (SSSR count). The molecule has 1 aliphatic heterocycles. The van der Waals surface area contributed by atoms with Gasteiger partial charge in [0.1, 0.15) is 0 Å². The fraction of sp³-hybridized carbons (Fsp3) is 0.562. The van der Waals surface area contributed by atoms with Gasteiger partial charge >= 0.3 is 5.97 Å². The van der Waals surface area contributed by atoms with Crippen LogP contribution in [0, 0.1) is 6.92 Å². The number of aromatic carboxylic acids is 1. The minimum atomic E-state index is -3.70. The Morgan fingerprint density at radius 1 is 1.35 bits per heavy atom. The lowest BCUT2D eigenvalue weighted by Gasteiger charge is -2.35. The summed E-state index contributed by atoms with van der Waals surface area (Å²) in [5.41, 5.74) is 0.318. The van der Waals surface area contributed by atoms with Crippen LogP contribution in [0.1, 0.15) is 35.7 Å². The van der Waals surface area contributed by atoms with Crippen molar-refractivity contribution < 1.29 is 18.3 Å². The molecule has 0 saturated carbocycles. The molecule has 0 atom stereocenters. The molecule has 1 N–H and O–H groups in total. The molecule has 1 saturated heterocycles. The van der Waals surface area contributed by atoms with Gasteiger partial charge in [-0.1, -0.05) is 13.0 Å². The molecule has 1 heterocycles. The summed E-state index contributed by atoms with van der Waals surface area (Å²) in [6.07, 6.45) is 1.59. The molecular formula is C16H24N2O4S. The highest BCUT2D eigenvalue weighted by Gasteiger charge is 2.32. The molecule has 0 amide bonds. The number of benzene rings is 1. The van der Waals surface area contributed by atoms with Gasteiger partial charge in [0.05, 0.1) is 10.5 Å². The van der Waals surface area contributed by atoms with Crippen LogP contribution in [-0.2, 0) is 10.0 Å². The third kappa shape index (κ3) is 3.57. The second-order valence-corrected chi connectivity index (χ2v) is 7.89. The van der Waals surface area contributed by atoms with Crippen molar-refractivity contribution >= 4 is 16.0 Å². The number of likely N-dealkylation sites (tertiary alicyclic amines) is 1. The van der Waals surface area contributed by atoms with E-state index in [0.29, 0.717) is 0 Å². The Bertz CT molecular complexity index is 679. The van der Waals surface area contributed by atoms with Crippen molar-refractivity contribution in [3.63, 3.8) is 0 Å². The average Bonchev–Trinajstić information content (AvgIpc) is 2.54. The van der Waals surface area contributed by atoms with Gasteiger partial charge < -0.3 is 10.0 Å². The molecule has 1 fully saturated rings. The standard InChI is InChI=1S/C16H24N2O4S/c1-4-18-10-8-13(9-11-18)17(3)23(21,22)15-7-5-6-14(12(15)2)16(19)20/h5-7,13H,4,8-11H2,1-3H3,(H,19,20). The SMILES string of the molecule is CCN1CCC(N(C)S(=O)(=O)c2cccc(C(=O)O)c2C)CC1. The van der Waals surface area contributed by atoms with Crippen LogP contribution in [0.25, 0.3) is 0 Å². The van der Waals surface area contributed by atoms with Crippen LogP contribution in [0.5, 0.6) is 0 Å². The number of nitrogens with zero attached hydrogens (tertiary/aromatic N) is 2. The molecule has 0 aliphatic carbocycles. The molecule has 1 aromatic carbocycles. The Labute approximate surface area is 137 Å². The first kappa shape index (κ1) is 17.9. The molecule has 0 radical (unpaired) electrons. The molecule has 128 valence electrons. The zero-order chi connectivity index (χ0) is 17.2. The summed E-state index contributed by atoms with van der Waals surface area (Å²) in [6.45, 7) is 6.39. The smallest absolute Gasteiger partial charge is 0.335 e. The second-order valence-electron chi connectivity index (χ2n) is 5.92. The van der Waals surface area contributed by atoms with E-state index in [4.69, 9.17) is 0 Å². The molecule has 0 spiro atoms. The van der Waals surface area contributed by atoms with Gasteiger partial charge in [0.15, 0.2) is 0 Å². The summed E-state index contributed by atoms with van der Waals surface area (Å²) in [7, 11) is -2.11. The quantitative estimate of drug-likeness (QED) is 0.884. The number of carboxylic acids is 1. The third-order valence-corrected chi connectivity index (χ3v) is 6.74. The van der Waals surface area contributed by atoms with Gasteiger partial charge in [0, 0.05) is 13.1 Å². The van der Waals surface area contributed by atoms with Crippen molar-refractivity contribution in [2.75, 3.05) is 26.7 Å². The summed E-state index contributed by atoms with van der Waals surface area (Å²) < 4.78 is 27.2. The second kappa shape index (κ2) is 6.98. The Morgan fingerprint density at radius 3 is 2.48 bits per heavy atom. The fourth-order valence-corrected chi connectivity index (χ4v) is 4.74. The van der Waals surface area contributed by atoms with Gasteiger partial charge in [-0.25, -0.2) is 13.2 Å². The highest BCUT2D eigenvalue weighted by atomic mass is 32.2. The molecule has 1 aromatic rings. The maximum atomic E-state index is 12.9. The van der Waals surface area contributed by atoms with E-state index in [2.05, 4.69) is 11.8 Å². The largest absolute Gasteiger partial charge is 0.478 e. The summed E-state index contributed by atoms with van der Waals surface area (Å²) in [6, 6.07) is 4.35. The molecule has 7 heteroatoms. The van der Waals surface area contributed by atoms with Crippen LogP contribution in [0.3, 0.4) is 0 Å². The van der Waals surface area contributed by atoms with E-state index in [0.717, 1.165) is 32.5 Å². The lowest BCUT2D eigenvalue weighted by Crippen LogP contribution is -2.45. The van der Waals surface area contributed by atoms with E-state index in [1.54, 1.807) is 14.0 Å². The number of hydrogen-bond donors (Lipinski definition) is 1. The van der Waals surface area contributed by atoms with Crippen molar-refractivity contribution in [1.82, 2.24) is 9.21 Å². The third-order valence-electron chi connectivity index (χ3n) is 4.69. The van der Waals surface area contributed by atoms with Gasteiger partial charge in [-0.2, -0.15) is 4.31 Å². The summed E-state index contributed by atoms with van der Waals surface area (Å²) in [4.78, 5) is 13.6. The van der Waals surface area contributed by atoms with Gasteiger partial charge in [-0.15, -0.1) is 0 Å². The minimum Gasteiger partial charge on any atom is -0.478 e. The molecular weight excluding hydrogens is 316 g/mol. The van der Waals surface area contributed by atoms with Gasteiger partial charge in [-0.05, 0) is 57.1 Å². The maximum absolute atomic E-state index is 12.9. The summed E-state index contributed by atoms with van der Waals surface area (Å²) in [5.74, 6) is -1.11. The van der Waals surface area contributed by atoms with Crippen LogP contribution in [0.15, 0.2) is 23.1 Å². The van der Waals surface area contributed by atoms with E-state index < -0.39 is 16.0 Å². The van der Waals surface area contributed by atoms with Gasteiger partial charge in [0.25, 0.3) is 0 Å². The lowest BCUT2D eigenvalue weighted by molar-refractivity contribution is 0.0696. The van der Waals surface area contributed by atoms with Crippen molar-refractivity contribution in [3.8, 4) is 0 Å². The van der Waals surface area contributed by atoms with Crippen LogP contribution < -0.4 is 0 Å². The number of rotatable bonds is 5. The van der Waals surface area contributed by atoms with E-state index in [1.807, 2.05) is 0 Å². The molecule has 0 bridgehead atoms. The predicted molar refractivity (Wildman–Crippen MR) is 88.2 cm³/mol. The number of piperidine rings is 1. The fourth-order valence-electron chi connectivity index (χ4n) is 3.08. The van der Waals surface area contributed by atoms with Crippen LogP contribution >= 0.6 is 0 Å². The summed E-state index contributed by atoms with van der Waals surface area (Å²) in [5, 5.41) is 9.19. The number of carbonyl (C=O) groups is 1. The van der Waals surface area contributed by atoms with Crippen LogP contribution in [-0.4, -0.2) is 61.4 Å². The average molecular weight is 340 g/mol. The Kier molecular flexibility index (Phi) is 5.44. The van der Waals surface area contributed by atoms with Crippen LogP contribution in [0.2, 0.25) is 0 Å². The Balaban J connectivity index is 2.28. The predicted octanol–water partition coefficient (Wildman–Crippen LogP) is 1.80. The molecule has 0 aromatic heterocycles.